The second kappa shape index (κ2) is 10.3. The molecule has 2 atom stereocenters. The first-order valence-electron chi connectivity index (χ1n) is 11.2. The van der Waals surface area contributed by atoms with Crippen molar-refractivity contribution in [2.75, 3.05) is 11.5 Å². The maximum Gasteiger partial charge on any atom is 0.350 e. The SMILES string of the molecule is CC(C)(O/N=C(/C(=O)C[C@@H]1C(=O)N2C(C(=O)[O-])=C(Cc3ccccc3)CS[C@H]12)c1csc(N)n1)C(=O)O. The van der Waals surface area contributed by atoms with Crippen LogP contribution in [-0.4, -0.2) is 61.1 Å². The zero-order valence-electron chi connectivity index (χ0n) is 19.9. The molecule has 2 aliphatic heterocycles. The molecule has 1 aromatic carbocycles. The molecule has 1 amide bonds. The molecule has 4 rings (SSSR count). The number of hydrogen-bond donors (Lipinski definition) is 2. The number of anilines is 1. The van der Waals surface area contributed by atoms with Crippen LogP contribution in [-0.2, 0) is 30.4 Å². The molecule has 11 nitrogen and oxygen atoms in total. The number of ketones is 1. The van der Waals surface area contributed by atoms with E-state index in [-0.39, 0.29) is 28.7 Å². The Morgan fingerprint density at radius 3 is 2.59 bits per heavy atom. The van der Waals surface area contributed by atoms with Crippen molar-refractivity contribution < 1.29 is 34.2 Å². The lowest BCUT2D eigenvalue weighted by molar-refractivity contribution is -0.301. The number of Topliss-reactive ketones (excluding diaryl/α,β-unsaturated/α-hetero) is 1. The number of hydrogen-bond acceptors (Lipinski definition) is 11. The van der Waals surface area contributed by atoms with Crippen molar-refractivity contribution in [2.24, 2.45) is 11.1 Å². The van der Waals surface area contributed by atoms with E-state index < -0.39 is 40.5 Å². The smallest absolute Gasteiger partial charge is 0.350 e. The number of carboxylic acid groups (broad SMARTS) is 2. The number of carbonyl (C=O) groups excluding carboxylic acids is 3. The average Bonchev–Trinajstić information content (AvgIpc) is 3.28. The van der Waals surface area contributed by atoms with E-state index in [2.05, 4.69) is 10.1 Å². The monoisotopic (exact) mass is 543 g/mol. The molecular weight excluding hydrogens is 520 g/mol. The lowest BCUT2D eigenvalue weighted by Crippen LogP contribution is -2.63. The average molecular weight is 544 g/mol. The molecule has 37 heavy (non-hydrogen) atoms. The number of oxime groups is 1. The molecule has 3 heterocycles. The summed E-state index contributed by atoms with van der Waals surface area (Å²) in [6.07, 6.45) is 0.0600. The minimum absolute atomic E-state index is 0.0917. The third kappa shape index (κ3) is 5.37. The number of amides is 1. The molecule has 0 saturated carbocycles. The molecular formula is C24H23N4O7S2-. The number of rotatable bonds is 10. The van der Waals surface area contributed by atoms with E-state index in [4.69, 9.17) is 10.6 Å². The lowest BCUT2D eigenvalue weighted by atomic mass is 9.88. The molecule has 0 bridgehead atoms. The Morgan fingerprint density at radius 2 is 2.00 bits per heavy atom. The fourth-order valence-electron chi connectivity index (χ4n) is 3.92. The topological polar surface area (TPSA) is 175 Å². The fraction of sp³-hybridized carbons (Fsp3) is 0.333. The Kier molecular flexibility index (Phi) is 7.37. The minimum Gasteiger partial charge on any atom is -0.543 e. The predicted molar refractivity (Wildman–Crippen MR) is 134 cm³/mol. The molecule has 0 unspecified atom stereocenters. The summed E-state index contributed by atoms with van der Waals surface area (Å²) in [6, 6.07) is 9.29. The van der Waals surface area contributed by atoms with Gasteiger partial charge >= 0.3 is 5.97 Å². The molecule has 0 radical (unpaired) electrons. The fourth-order valence-corrected chi connectivity index (χ4v) is 5.88. The van der Waals surface area contributed by atoms with Gasteiger partial charge in [0.15, 0.2) is 16.6 Å². The number of fused-ring (bicyclic) bond motifs is 1. The van der Waals surface area contributed by atoms with Crippen LogP contribution in [0.4, 0.5) is 5.13 Å². The van der Waals surface area contributed by atoms with Crippen molar-refractivity contribution in [1.82, 2.24) is 9.88 Å². The summed E-state index contributed by atoms with van der Waals surface area (Å²) in [5, 5.41) is 26.1. The zero-order valence-corrected chi connectivity index (χ0v) is 21.5. The van der Waals surface area contributed by atoms with E-state index in [1.165, 1.54) is 35.9 Å². The molecule has 2 aromatic rings. The van der Waals surface area contributed by atoms with Crippen molar-refractivity contribution in [3.8, 4) is 0 Å². The van der Waals surface area contributed by atoms with Crippen molar-refractivity contribution in [3.05, 3.63) is 58.2 Å². The third-order valence-corrected chi connectivity index (χ3v) is 8.00. The molecule has 1 fully saturated rings. The highest BCUT2D eigenvalue weighted by molar-refractivity contribution is 8.00. The Bertz CT molecular complexity index is 1320. The molecule has 194 valence electrons. The molecule has 1 saturated heterocycles. The number of thioether (sulfide) groups is 1. The van der Waals surface area contributed by atoms with Crippen molar-refractivity contribution >= 4 is 57.6 Å². The van der Waals surface area contributed by atoms with Gasteiger partial charge in [-0.1, -0.05) is 35.5 Å². The summed E-state index contributed by atoms with van der Waals surface area (Å²) >= 11 is 2.43. The van der Waals surface area contributed by atoms with Gasteiger partial charge in [0.25, 0.3) is 0 Å². The number of carbonyl (C=O) groups is 4. The number of aromatic nitrogens is 1. The first-order valence-corrected chi connectivity index (χ1v) is 13.1. The van der Waals surface area contributed by atoms with E-state index in [9.17, 15) is 29.4 Å². The van der Waals surface area contributed by atoms with Gasteiger partial charge in [-0.2, -0.15) is 0 Å². The van der Waals surface area contributed by atoms with Crippen molar-refractivity contribution in [2.45, 2.75) is 37.7 Å². The van der Waals surface area contributed by atoms with Crippen LogP contribution >= 0.6 is 23.1 Å². The van der Waals surface area contributed by atoms with Crippen LogP contribution in [0.1, 0.15) is 31.5 Å². The second-order valence-corrected chi connectivity index (χ2v) is 11.0. The zero-order chi connectivity index (χ0) is 26.9. The van der Waals surface area contributed by atoms with Crippen LogP contribution in [0.25, 0.3) is 0 Å². The molecule has 13 heteroatoms. The van der Waals surface area contributed by atoms with Gasteiger partial charge in [-0.05, 0) is 31.4 Å². The molecule has 3 N–H and O–H groups in total. The predicted octanol–water partition coefficient (Wildman–Crippen LogP) is 1.05. The highest BCUT2D eigenvalue weighted by Crippen LogP contribution is 2.45. The largest absolute Gasteiger partial charge is 0.543 e. The summed E-state index contributed by atoms with van der Waals surface area (Å²) in [6.45, 7) is 2.53. The van der Waals surface area contributed by atoms with Gasteiger partial charge in [-0.15, -0.1) is 23.1 Å². The van der Waals surface area contributed by atoms with Crippen LogP contribution in [0, 0.1) is 5.92 Å². The maximum atomic E-state index is 13.2. The van der Waals surface area contributed by atoms with Gasteiger partial charge < -0.3 is 25.6 Å². The molecule has 1 aromatic heterocycles. The van der Waals surface area contributed by atoms with Crippen LogP contribution in [0.15, 0.2) is 52.1 Å². The Hall–Kier alpha value is -3.71. The maximum absolute atomic E-state index is 13.2. The number of thiazole rings is 1. The first kappa shape index (κ1) is 26.4. The van der Waals surface area contributed by atoms with Crippen LogP contribution in [0.3, 0.4) is 0 Å². The van der Waals surface area contributed by atoms with Gasteiger partial charge in [-0.3, -0.25) is 14.5 Å². The minimum atomic E-state index is -1.72. The van der Waals surface area contributed by atoms with E-state index in [1.54, 1.807) is 0 Å². The molecule has 2 aliphatic rings. The number of β-lactam (4-membered cyclic amide) rings is 1. The van der Waals surface area contributed by atoms with Crippen LogP contribution in [0.5, 0.6) is 0 Å². The quantitative estimate of drug-likeness (QED) is 0.250. The summed E-state index contributed by atoms with van der Waals surface area (Å²) in [5.41, 5.74) is 5.09. The molecule has 0 aliphatic carbocycles. The standard InChI is InChI=1S/C24H24N4O7S2/c1-24(2,22(33)34)35-27-17(15-11-37-23(25)26-15)16(29)9-14-19(30)28-18(21(31)32)13(10-36-20(14)28)8-12-6-4-3-5-7-12/h3-7,11,14,20H,8-10H2,1-2H3,(H2,25,26)(H,31,32)(H,33,34)/p-1/b27-17+/t14-,20-/m1/s1. The summed E-state index contributed by atoms with van der Waals surface area (Å²) in [7, 11) is 0. The first-order chi connectivity index (χ1) is 17.5. The normalized spacial score (nSPS) is 19.8. The number of carboxylic acids is 2. The number of nitrogens with two attached hydrogens (primary N) is 1. The van der Waals surface area contributed by atoms with Gasteiger partial charge in [0, 0.05) is 17.6 Å². The number of benzene rings is 1. The van der Waals surface area contributed by atoms with Gasteiger partial charge in [-0.25, -0.2) is 9.78 Å². The summed E-state index contributed by atoms with van der Waals surface area (Å²) in [5.74, 6) is -4.32. The Balaban J connectivity index is 1.55. The van der Waals surface area contributed by atoms with Crippen molar-refractivity contribution in [1.29, 1.82) is 0 Å². The van der Waals surface area contributed by atoms with Crippen molar-refractivity contribution in [3.63, 3.8) is 0 Å². The van der Waals surface area contributed by atoms with E-state index in [0.717, 1.165) is 16.9 Å². The molecule has 0 spiro atoms. The van der Waals surface area contributed by atoms with Gasteiger partial charge in [0.05, 0.1) is 23.0 Å². The Labute approximate surface area is 220 Å². The third-order valence-electron chi connectivity index (χ3n) is 5.93. The van der Waals surface area contributed by atoms with E-state index in [1.807, 2.05) is 30.3 Å². The number of nitrogens with zero attached hydrogens (tertiary/aromatic N) is 3. The highest BCUT2D eigenvalue weighted by atomic mass is 32.2. The van der Waals surface area contributed by atoms with Gasteiger partial charge in [0.1, 0.15) is 5.69 Å². The second-order valence-electron chi connectivity index (χ2n) is 8.96. The summed E-state index contributed by atoms with van der Waals surface area (Å²) in [4.78, 5) is 60.0. The van der Waals surface area contributed by atoms with Gasteiger partial charge in [0.2, 0.25) is 11.5 Å². The number of aliphatic carboxylic acids is 2. The number of nitrogen functional groups attached to an aromatic ring is 1. The van der Waals surface area contributed by atoms with E-state index >= 15 is 0 Å². The lowest BCUT2D eigenvalue weighted by Gasteiger charge is -2.51. The Morgan fingerprint density at radius 1 is 1.30 bits per heavy atom. The highest BCUT2D eigenvalue weighted by Gasteiger charge is 2.52. The summed E-state index contributed by atoms with van der Waals surface area (Å²) < 4.78 is 0. The van der Waals surface area contributed by atoms with Crippen LogP contribution < -0.4 is 10.8 Å². The van der Waals surface area contributed by atoms with Crippen LogP contribution in [0.2, 0.25) is 0 Å². The van der Waals surface area contributed by atoms with E-state index in [0.29, 0.717) is 17.7 Å².